The molecule has 1 aromatic heterocycles. The first kappa shape index (κ1) is 26.9. The summed E-state index contributed by atoms with van der Waals surface area (Å²) in [4.78, 5) is 29.3. The van der Waals surface area contributed by atoms with E-state index < -0.39 is 72.4 Å². The lowest BCUT2D eigenvalue weighted by Gasteiger charge is -2.32. The molecular weight excluding hydrogens is 517 g/mol. The van der Waals surface area contributed by atoms with E-state index in [4.69, 9.17) is 9.15 Å². The molecule has 1 aliphatic carbocycles. The summed E-state index contributed by atoms with van der Waals surface area (Å²) in [5.41, 5.74) is -0.397. The average molecular weight is 538 g/mol. The van der Waals surface area contributed by atoms with Crippen LogP contribution in [-0.2, 0) is 15.5 Å². The fourth-order valence-corrected chi connectivity index (χ4v) is 4.47. The number of rotatable bonds is 5. The number of aliphatic carboxylic acids is 1. The average Bonchev–Trinajstić information content (AvgIpc) is 3.29. The molecule has 2 heterocycles. The van der Waals surface area contributed by atoms with Gasteiger partial charge in [0.1, 0.15) is 11.5 Å². The van der Waals surface area contributed by atoms with E-state index in [-0.39, 0.29) is 17.0 Å². The van der Waals surface area contributed by atoms with Crippen molar-refractivity contribution in [3.05, 3.63) is 41.5 Å². The van der Waals surface area contributed by atoms with Gasteiger partial charge < -0.3 is 19.2 Å². The highest BCUT2D eigenvalue weighted by molar-refractivity contribution is 5.94. The van der Waals surface area contributed by atoms with Gasteiger partial charge in [0.2, 0.25) is 5.92 Å². The summed E-state index contributed by atoms with van der Waals surface area (Å²) >= 11 is 0. The van der Waals surface area contributed by atoms with Gasteiger partial charge in [0.05, 0.1) is 19.1 Å². The molecule has 1 N–H and O–H groups in total. The fourth-order valence-electron chi connectivity index (χ4n) is 4.47. The first-order valence-electron chi connectivity index (χ1n) is 11.2. The molecule has 1 aliphatic heterocycles. The fraction of sp³-hybridized carbons (Fsp3) is 0.522. The lowest BCUT2D eigenvalue weighted by atomic mass is 9.75. The maximum Gasteiger partial charge on any atom is 0.463 e. The number of hydrogen-bond donors (Lipinski definition) is 1. The minimum atomic E-state index is -6.08. The number of hydrogen-bond acceptors (Lipinski definition) is 5. The van der Waals surface area contributed by atoms with Crippen molar-refractivity contribution in [3.8, 4) is 11.3 Å². The Morgan fingerprint density at radius 3 is 2.24 bits per heavy atom. The maximum atomic E-state index is 14.1. The standard InChI is InChI=1S/C23H21F7N2O5/c24-21(25)6-5-14(15(11-21)19(34)35)17-16(31-20(37-17)22(26,27)23(28,29)30)12-1-3-13(4-2-12)18(33)32-7-9-36-10-8-32/h1-4,14-15H,5-11H2,(H,34,35)/t14-,15-/m1/s1. The van der Waals surface area contributed by atoms with Gasteiger partial charge in [0, 0.05) is 43.0 Å². The molecule has 14 heteroatoms. The van der Waals surface area contributed by atoms with Crippen LogP contribution in [0.2, 0.25) is 0 Å². The van der Waals surface area contributed by atoms with Crippen molar-refractivity contribution >= 4 is 11.9 Å². The minimum Gasteiger partial charge on any atom is -0.481 e. The van der Waals surface area contributed by atoms with Gasteiger partial charge in [0.25, 0.3) is 11.8 Å². The van der Waals surface area contributed by atoms with Crippen LogP contribution < -0.4 is 0 Å². The van der Waals surface area contributed by atoms with E-state index in [0.717, 1.165) is 0 Å². The molecule has 4 rings (SSSR count). The number of ether oxygens (including phenoxy) is 1. The summed E-state index contributed by atoms with van der Waals surface area (Å²) in [5, 5.41) is 9.51. The zero-order valence-corrected chi connectivity index (χ0v) is 19.0. The molecule has 2 atom stereocenters. The van der Waals surface area contributed by atoms with E-state index >= 15 is 0 Å². The number of nitrogens with zero attached hydrogens (tertiary/aromatic N) is 2. The van der Waals surface area contributed by atoms with Crippen molar-refractivity contribution in [3.63, 3.8) is 0 Å². The Hall–Kier alpha value is -3.16. The summed E-state index contributed by atoms with van der Waals surface area (Å²) in [6.07, 6.45) is -8.59. The molecule has 202 valence electrons. The SMILES string of the molecule is O=C(O)[C@@H]1CC(F)(F)CC[C@H]1c1oc(C(F)(F)C(F)(F)F)nc1-c1ccc(C(=O)N2CCOCC2)cc1. The highest BCUT2D eigenvalue weighted by Crippen LogP contribution is 2.50. The summed E-state index contributed by atoms with van der Waals surface area (Å²) < 4.78 is 105. The second kappa shape index (κ2) is 9.62. The molecule has 1 saturated heterocycles. The van der Waals surface area contributed by atoms with Crippen LogP contribution in [0.15, 0.2) is 28.7 Å². The molecule has 1 aromatic carbocycles. The normalized spacial score (nSPS) is 22.6. The molecule has 2 fully saturated rings. The summed E-state index contributed by atoms with van der Waals surface area (Å²) in [6.45, 7) is 1.36. The van der Waals surface area contributed by atoms with Crippen LogP contribution in [0, 0.1) is 5.92 Å². The Morgan fingerprint density at radius 2 is 1.68 bits per heavy atom. The number of carbonyl (C=O) groups excluding carboxylic acids is 1. The Kier molecular flexibility index (Phi) is 6.99. The number of halogens is 7. The van der Waals surface area contributed by atoms with E-state index in [0.29, 0.717) is 26.3 Å². The van der Waals surface area contributed by atoms with Crippen LogP contribution in [0.5, 0.6) is 0 Å². The predicted molar refractivity (Wildman–Crippen MR) is 111 cm³/mol. The van der Waals surface area contributed by atoms with E-state index in [9.17, 15) is 45.4 Å². The van der Waals surface area contributed by atoms with E-state index in [1.807, 2.05) is 0 Å². The Labute approximate surface area is 205 Å². The van der Waals surface area contributed by atoms with Crippen LogP contribution in [0.25, 0.3) is 11.3 Å². The van der Waals surface area contributed by atoms with Gasteiger partial charge in [0.15, 0.2) is 0 Å². The van der Waals surface area contributed by atoms with E-state index in [1.54, 1.807) is 0 Å². The van der Waals surface area contributed by atoms with Gasteiger partial charge in [-0.3, -0.25) is 9.59 Å². The topological polar surface area (TPSA) is 92.9 Å². The Morgan fingerprint density at radius 1 is 1.05 bits per heavy atom. The first-order valence-corrected chi connectivity index (χ1v) is 11.2. The molecule has 0 radical (unpaired) electrons. The Bertz CT molecular complexity index is 1160. The molecule has 2 aliphatic rings. The van der Waals surface area contributed by atoms with Crippen molar-refractivity contribution in [2.24, 2.45) is 5.92 Å². The third kappa shape index (κ3) is 5.29. The summed E-state index contributed by atoms with van der Waals surface area (Å²) in [6, 6.07) is 5.07. The largest absolute Gasteiger partial charge is 0.481 e. The molecule has 0 unspecified atom stereocenters. The quantitative estimate of drug-likeness (QED) is 0.535. The van der Waals surface area contributed by atoms with Gasteiger partial charge >= 0.3 is 18.1 Å². The zero-order valence-electron chi connectivity index (χ0n) is 19.0. The molecule has 0 spiro atoms. The molecule has 7 nitrogen and oxygen atoms in total. The van der Waals surface area contributed by atoms with Gasteiger partial charge in [-0.05, 0) is 18.6 Å². The van der Waals surface area contributed by atoms with Crippen LogP contribution in [-0.4, -0.2) is 65.3 Å². The number of carbonyl (C=O) groups is 2. The van der Waals surface area contributed by atoms with E-state index in [1.165, 1.54) is 29.2 Å². The highest BCUT2D eigenvalue weighted by atomic mass is 19.4. The summed E-state index contributed by atoms with van der Waals surface area (Å²) in [7, 11) is 0. The molecular formula is C23H21F7N2O5. The number of benzene rings is 1. The van der Waals surface area contributed by atoms with Crippen molar-refractivity contribution in [1.82, 2.24) is 9.88 Å². The number of oxazole rings is 1. The Balaban J connectivity index is 1.75. The second-order valence-electron chi connectivity index (χ2n) is 8.94. The van der Waals surface area contributed by atoms with Gasteiger partial charge in [-0.1, -0.05) is 12.1 Å². The molecule has 37 heavy (non-hydrogen) atoms. The number of carboxylic acid groups (broad SMARTS) is 1. The van der Waals surface area contributed by atoms with Crippen LogP contribution >= 0.6 is 0 Å². The van der Waals surface area contributed by atoms with Crippen molar-refractivity contribution in [2.75, 3.05) is 26.3 Å². The number of amides is 1. The lowest BCUT2D eigenvalue weighted by molar-refractivity contribution is -0.297. The third-order valence-electron chi connectivity index (χ3n) is 6.46. The monoisotopic (exact) mass is 538 g/mol. The van der Waals surface area contributed by atoms with Gasteiger partial charge in [-0.15, -0.1) is 0 Å². The number of aromatic nitrogens is 1. The van der Waals surface area contributed by atoms with Crippen molar-refractivity contribution in [1.29, 1.82) is 0 Å². The number of carboxylic acids is 1. The van der Waals surface area contributed by atoms with E-state index in [2.05, 4.69) is 4.98 Å². The van der Waals surface area contributed by atoms with Gasteiger partial charge in [-0.2, -0.15) is 22.0 Å². The molecule has 1 saturated carbocycles. The maximum absolute atomic E-state index is 14.1. The molecule has 0 bridgehead atoms. The van der Waals surface area contributed by atoms with Gasteiger partial charge in [-0.25, -0.2) is 13.8 Å². The number of morpholine rings is 1. The summed E-state index contributed by atoms with van der Waals surface area (Å²) in [5.74, 6) is -16.9. The highest BCUT2D eigenvalue weighted by Gasteiger charge is 2.63. The first-order chi connectivity index (χ1) is 17.2. The molecule has 2 aromatic rings. The van der Waals surface area contributed by atoms with Crippen LogP contribution in [0.3, 0.4) is 0 Å². The smallest absolute Gasteiger partial charge is 0.463 e. The number of alkyl halides is 7. The van der Waals surface area contributed by atoms with Crippen molar-refractivity contribution in [2.45, 2.75) is 43.2 Å². The van der Waals surface area contributed by atoms with Crippen LogP contribution in [0.1, 0.15) is 47.2 Å². The second-order valence-corrected chi connectivity index (χ2v) is 8.94. The minimum absolute atomic E-state index is 0.0528. The molecule has 1 amide bonds. The lowest BCUT2D eigenvalue weighted by Crippen LogP contribution is -2.40. The van der Waals surface area contributed by atoms with Crippen molar-refractivity contribution < 1.29 is 54.6 Å². The third-order valence-corrected chi connectivity index (χ3v) is 6.46. The van der Waals surface area contributed by atoms with Crippen LogP contribution in [0.4, 0.5) is 30.7 Å². The zero-order chi connectivity index (χ0) is 27.2. The predicted octanol–water partition coefficient (Wildman–Crippen LogP) is 5.07.